The van der Waals surface area contributed by atoms with Crippen LogP contribution in [0.3, 0.4) is 0 Å². The molecule has 13 heavy (non-hydrogen) atoms. The standard InChI is InChI=1S/C8H11N3O2/c1-5-9-8(11-13-5)10-7(12)6-3-2-4-6/h6H,2-4H2,1H3,(H,10,11,12). The van der Waals surface area contributed by atoms with Crippen LogP contribution >= 0.6 is 0 Å². The summed E-state index contributed by atoms with van der Waals surface area (Å²) < 4.78 is 4.72. The molecule has 0 aliphatic heterocycles. The van der Waals surface area contributed by atoms with Gasteiger partial charge in [-0.15, -0.1) is 0 Å². The third-order valence-electron chi connectivity index (χ3n) is 2.24. The Morgan fingerprint density at radius 2 is 2.38 bits per heavy atom. The summed E-state index contributed by atoms with van der Waals surface area (Å²) in [6.45, 7) is 1.69. The molecule has 1 fully saturated rings. The fourth-order valence-electron chi connectivity index (χ4n) is 1.23. The number of carbonyl (C=O) groups excluding carboxylic acids is 1. The number of anilines is 1. The van der Waals surface area contributed by atoms with Crippen molar-refractivity contribution in [3.63, 3.8) is 0 Å². The minimum absolute atomic E-state index is 0.00653. The monoisotopic (exact) mass is 181 g/mol. The van der Waals surface area contributed by atoms with E-state index in [1.807, 2.05) is 0 Å². The second kappa shape index (κ2) is 3.16. The Morgan fingerprint density at radius 1 is 1.62 bits per heavy atom. The predicted octanol–water partition coefficient (Wildman–Crippen LogP) is 1.12. The van der Waals surface area contributed by atoms with Crippen LogP contribution in [0.1, 0.15) is 25.2 Å². The minimum atomic E-state index is 0.00653. The van der Waals surface area contributed by atoms with Crippen molar-refractivity contribution in [1.82, 2.24) is 10.1 Å². The van der Waals surface area contributed by atoms with E-state index in [0.717, 1.165) is 19.3 Å². The van der Waals surface area contributed by atoms with Crippen LogP contribution in [0.15, 0.2) is 4.52 Å². The number of hydrogen-bond donors (Lipinski definition) is 1. The fourth-order valence-corrected chi connectivity index (χ4v) is 1.23. The highest BCUT2D eigenvalue weighted by Gasteiger charge is 2.25. The molecule has 1 amide bonds. The van der Waals surface area contributed by atoms with E-state index in [9.17, 15) is 4.79 Å². The van der Waals surface area contributed by atoms with Crippen molar-refractivity contribution < 1.29 is 9.32 Å². The van der Waals surface area contributed by atoms with Gasteiger partial charge in [0.25, 0.3) is 5.95 Å². The van der Waals surface area contributed by atoms with E-state index < -0.39 is 0 Å². The second-order valence-corrected chi connectivity index (χ2v) is 3.25. The topological polar surface area (TPSA) is 68.0 Å². The molecule has 1 aliphatic carbocycles. The highest BCUT2D eigenvalue weighted by Crippen LogP contribution is 2.27. The highest BCUT2D eigenvalue weighted by molar-refractivity contribution is 5.91. The summed E-state index contributed by atoms with van der Waals surface area (Å²) in [5, 5.41) is 6.19. The molecule has 1 saturated carbocycles. The first kappa shape index (κ1) is 8.22. The van der Waals surface area contributed by atoms with Crippen molar-refractivity contribution in [3.05, 3.63) is 5.89 Å². The van der Waals surface area contributed by atoms with Crippen molar-refractivity contribution in [3.8, 4) is 0 Å². The van der Waals surface area contributed by atoms with E-state index in [-0.39, 0.29) is 17.8 Å². The SMILES string of the molecule is Cc1nc(NC(=O)C2CCC2)no1. The third kappa shape index (κ3) is 1.68. The number of carbonyl (C=O) groups is 1. The lowest BCUT2D eigenvalue weighted by Gasteiger charge is -2.22. The molecule has 1 aromatic heterocycles. The molecule has 0 atom stereocenters. The van der Waals surface area contributed by atoms with Crippen molar-refractivity contribution in [2.75, 3.05) is 5.32 Å². The molecular formula is C8H11N3O2. The van der Waals surface area contributed by atoms with E-state index >= 15 is 0 Å². The van der Waals surface area contributed by atoms with Gasteiger partial charge in [-0.05, 0) is 18.0 Å². The lowest BCUT2D eigenvalue weighted by molar-refractivity contribution is -0.122. The maximum atomic E-state index is 11.4. The van der Waals surface area contributed by atoms with E-state index in [4.69, 9.17) is 4.52 Å². The average Bonchev–Trinajstić information content (AvgIpc) is 2.31. The van der Waals surface area contributed by atoms with E-state index in [1.165, 1.54) is 0 Å². The number of aromatic nitrogens is 2. The van der Waals surface area contributed by atoms with Gasteiger partial charge >= 0.3 is 0 Å². The Morgan fingerprint density at radius 3 is 2.85 bits per heavy atom. The van der Waals surface area contributed by atoms with Crippen LogP contribution in [0.2, 0.25) is 0 Å². The van der Waals surface area contributed by atoms with Gasteiger partial charge in [0.05, 0.1) is 0 Å². The normalized spacial score (nSPS) is 16.7. The van der Waals surface area contributed by atoms with Gasteiger partial charge in [-0.25, -0.2) is 0 Å². The average molecular weight is 181 g/mol. The molecule has 0 aromatic carbocycles. The van der Waals surface area contributed by atoms with Crippen LogP contribution in [-0.4, -0.2) is 16.0 Å². The van der Waals surface area contributed by atoms with Gasteiger partial charge in [0.1, 0.15) is 0 Å². The van der Waals surface area contributed by atoms with Crippen molar-refractivity contribution in [2.24, 2.45) is 5.92 Å². The van der Waals surface area contributed by atoms with Gasteiger partial charge in [0.2, 0.25) is 11.8 Å². The molecule has 1 aliphatic rings. The van der Waals surface area contributed by atoms with Crippen LogP contribution < -0.4 is 5.32 Å². The Kier molecular flexibility index (Phi) is 2.00. The number of hydrogen-bond acceptors (Lipinski definition) is 4. The maximum absolute atomic E-state index is 11.4. The summed E-state index contributed by atoms with van der Waals surface area (Å²) in [5.41, 5.74) is 0. The van der Waals surface area contributed by atoms with Gasteiger partial charge in [-0.3, -0.25) is 10.1 Å². The molecule has 0 radical (unpaired) electrons. The molecule has 0 unspecified atom stereocenters. The molecule has 5 nitrogen and oxygen atoms in total. The molecule has 0 saturated heterocycles. The zero-order valence-electron chi connectivity index (χ0n) is 7.41. The molecular weight excluding hydrogens is 170 g/mol. The van der Waals surface area contributed by atoms with Crippen molar-refractivity contribution in [2.45, 2.75) is 26.2 Å². The van der Waals surface area contributed by atoms with Gasteiger partial charge in [-0.1, -0.05) is 6.42 Å². The summed E-state index contributed by atoms with van der Waals surface area (Å²) in [7, 11) is 0. The number of amides is 1. The first-order chi connectivity index (χ1) is 6.25. The molecule has 1 heterocycles. The summed E-state index contributed by atoms with van der Waals surface area (Å²) in [6, 6.07) is 0. The highest BCUT2D eigenvalue weighted by atomic mass is 16.5. The van der Waals surface area contributed by atoms with Crippen LogP contribution in [-0.2, 0) is 4.79 Å². The molecule has 5 heteroatoms. The molecule has 70 valence electrons. The second-order valence-electron chi connectivity index (χ2n) is 3.25. The largest absolute Gasteiger partial charge is 0.338 e. The van der Waals surface area contributed by atoms with E-state index in [0.29, 0.717) is 5.89 Å². The Balaban J connectivity index is 1.93. The van der Waals surface area contributed by atoms with E-state index in [1.54, 1.807) is 6.92 Å². The fraction of sp³-hybridized carbons (Fsp3) is 0.625. The van der Waals surface area contributed by atoms with Crippen molar-refractivity contribution >= 4 is 11.9 Å². The number of nitrogens with zero attached hydrogens (tertiary/aromatic N) is 2. The van der Waals surface area contributed by atoms with Crippen LogP contribution in [0.5, 0.6) is 0 Å². The lowest BCUT2D eigenvalue weighted by atomic mass is 9.85. The molecule has 1 aromatic rings. The Hall–Kier alpha value is -1.39. The van der Waals surface area contributed by atoms with Crippen LogP contribution in [0.25, 0.3) is 0 Å². The first-order valence-electron chi connectivity index (χ1n) is 4.37. The van der Waals surface area contributed by atoms with Crippen LogP contribution in [0.4, 0.5) is 5.95 Å². The quantitative estimate of drug-likeness (QED) is 0.742. The first-order valence-corrected chi connectivity index (χ1v) is 4.37. The zero-order chi connectivity index (χ0) is 9.26. The van der Waals surface area contributed by atoms with Crippen molar-refractivity contribution in [1.29, 1.82) is 0 Å². The van der Waals surface area contributed by atoms with Gasteiger partial charge < -0.3 is 4.52 Å². The zero-order valence-corrected chi connectivity index (χ0v) is 7.41. The summed E-state index contributed by atoms with van der Waals surface area (Å²) >= 11 is 0. The van der Waals surface area contributed by atoms with Gasteiger partial charge in [-0.2, -0.15) is 4.98 Å². The third-order valence-corrected chi connectivity index (χ3v) is 2.24. The van der Waals surface area contributed by atoms with Crippen LogP contribution in [0, 0.1) is 12.8 Å². The van der Waals surface area contributed by atoms with Gasteiger partial charge in [0, 0.05) is 12.8 Å². The smallest absolute Gasteiger partial charge is 0.270 e. The summed E-state index contributed by atoms with van der Waals surface area (Å²) in [6.07, 6.45) is 3.09. The minimum Gasteiger partial charge on any atom is -0.338 e. The maximum Gasteiger partial charge on any atom is 0.270 e. The molecule has 0 bridgehead atoms. The summed E-state index contributed by atoms with van der Waals surface area (Å²) in [5.74, 6) is 0.893. The Labute approximate surface area is 75.5 Å². The number of rotatable bonds is 2. The van der Waals surface area contributed by atoms with E-state index in [2.05, 4.69) is 15.5 Å². The number of aryl methyl sites for hydroxylation is 1. The number of nitrogens with one attached hydrogen (secondary N) is 1. The predicted molar refractivity (Wildman–Crippen MR) is 45.0 cm³/mol. The van der Waals surface area contributed by atoms with Gasteiger partial charge in [0.15, 0.2) is 0 Å². The molecule has 0 spiro atoms. The lowest BCUT2D eigenvalue weighted by Crippen LogP contribution is -2.28. The molecule has 1 N–H and O–H groups in total. The summed E-state index contributed by atoms with van der Waals surface area (Å²) in [4.78, 5) is 15.3. The Bertz CT molecular complexity index is 317. The molecule has 2 rings (SSSR count).